The number of hydrogen-bond acceptors (Lipinski definition) is 6. The first-order chi connectivity index (χ1) is 15.0. The Bertz CT molecular complexity index is 980. The lowest BCUT2D eigenvalue weighted by Gasteiger charge is -2.15. The average Bonchev–Trinajstić information content (AvgIpc) is 3.29. The van der Waals surface area contributed by atoms with Gasteiger partial charge in [0.2, 0.25) is 0 Å². The van der Waals surface area contributed by atoms with E-state index in [2.05, 4.69) is 72.3 Å². The van der Waals surface area contributed by atoms with Gasteiger partial charge in [-0.3, -0.25) is 9.59 Å². The number of terminal acetylenes is 1. The van der Waals surface area contributed by atoms with Gasteiger partial charge < -0.3 is 16.0 Å². The molecule has 31 heavy (non-hydrogen) atoms. The second-order valence-corrected chi connectivity index (χ2v) is 7.90. The highest BCUT2D eigenvalue weighted by Gasteiger charge is 2.19. The SMILES string of the molecule is C#C.CNC.Cc1cccc(C)c1CCCNc1c(NCCc2ccsc2)c(=O)c1=O. The van der Waals surface area contributed by atoms with Crippen molar-refractivity contribution in [2.45, 2.75) is 33.1 Å². The topological polar surface area (TPSA) is 70.2 Å². The molecule has 0 bridgehead atoms. The number of anilines is 2. The number of aryl methyl sites for hydroxylation is 2. The van der Waals surface area contributed by atoms with Crippen LogP contribution in [-0.4, -0.2) is 27.2 Å². The van der Waals surface area contributed by atoms with Crippen LogP contribution >= 0.6 is 11.3 Å². The van der Waals surface area contributed by atoms with Crippen LogP contribution in [0.15, 0.2) is 44.6 Å². The van der Waals surface area contributed by atoms with Gasteiger partial charge >= 0.3 is 0 Å². The summed E-state index contributed by atoms with van der Waals surface area (Å²) in [4.78, 5) is 23.6. The van der Waals surface area contributed by atoms with Crippen LogP contribution in [0.2, 0.25) is 0 Å². The molecular formula is C25H33N3O2S. The van der Waals surface area contributed by atoms with Crippen LogP contribution < -0.4 is 26.8 Å². The molecule has 0 fully saturated rings. The fourth-order valence-electron chi connectivity index (χ4n) is 3.22. The zero-order valence-corrected chi connectivity index (χ0v) is 19.7. The molecule has 5 nitrogen and oxygen atoms in total. The fourth-order valence-corrected chi connectivity index (χ4v) is 3.92. The summed E-state index contributed by atoms with van der Waals surface area (Å²) in [5.74, 6) is 0. The van der Waals surface area contributed by atoms with Gasteiger partial charge in [0.15, 0.2) is 0 Å². The summed E-state index contributed by atoms with van der Waals surface area (Å²) in [5.41, 5.74) is 5.28. The first-order valence-electron chi connectivity index (χ1n) is 10.3. The van der Waals surface area contributed by atoms with Crippen LogP contribution in [0.5, 0.6) is 0 Å². The van der Waals surface area contributed by atoms with Crippen molar-refractivity contribution in [1.29, 1.82) is 0 Å². The van der Waals surface area contributed by atoms with E-state index in [1.165, 1.54) is 22.3 Å². The van der Waals surface area contributed by atoms with Crippen molar-refractivity contribution in [3.8, 4) is 12.8 Å². The van der Waals surface area contributed by atoms with Gasteiger partial charge in [-0.1, -0.05) is 18.2 Å². The summed E-state index contributed by atoms with van der Waals surface area (Å²) < 4.78 is 0. The minimum Gasteiger partial charge on any atom is -0.380 e. The van der Waals surface area contributed by atoms with Gasteiger partial charge in [-0.15, -0.1) is 12.8 Å². The zero-order chi connectivity index (χ0) is 23.2. The van der Waals surface area contributed by atoms with Crippen molar-refractivity contribution >= 4 is 22.7 Å². The van der Waals surface area contributed by atoms with Crippen molar-refractivity contribution in [2.75, 3.05) is 37.8 Å². The molecule has 0 aliphatic carbocycles. The highest BCUT2D eigenvalue weighted by Crippen LogP contribution is 2.17. The minimum atomic E-state index is -0.410. The number of nitrogens with one attached hydrogen (secondary N) is 3. The van der Waals surface area contributed by atoms with Crippen molar-refractivity contribution < 1.29 is 0 Å². The van der Waals surface area contributed by atoms with E-state index in [0.717, 1.165) is 19.3 Å². The van der Waals surface area contributed by atoms with E-state index in [0.29, 0.717) is 24.5 Å². The molecule has 0 atom stereocenters. The summed E-state index contributed by atoms with van der Waals surface area (Å²) in [5, 5.41) is 13.1. The van der Waals surface area contributed by atoms with E-state index >= 15 is 0 Å². The van der Waals surface area contributed by atoms with Crippen molar-refractivity contribution in [2.24, 2.45) is 0 Å². The number of rotatable bonds is 9. The standard InChI is InChI=1S/C21H24N2O2S.C2H7N.C2H2/c1-14-5-3-6-15(2)17(14)7-4-10-22-18-19(21(25)20(18)24)23-11-8-16-9-12-26-13-16;1-3-2;1-2/h3,5-6,9,12-13,22-23H,4,7-8,10-11H2,1-2H3;3H,1-2H3;1-2H. The third kappa shape index (κ3) is 7.71. The summed E-state index contributed by atoms with van der Waals surface area (Å²) in [6.45, 7) is 5.58. The van der Waals surface area contributed by atoms with Crippen LogP contribution in [0.1, 0.15) is 28.7 Å². The van der Waals surface area contributed by atoms with Gasteiger partial charge in [-0.05, 0) is 86.3 Å². The van der Waals surface area contributed by atoms with E-state index in [4.69, 9.17) is 0 Å². The number of benzene rings is 1. The Balaban J connectivity index is 0.000000884. The Kier molecular flexibility index (Phi) is 12.0. The molecule has 1 heterocycles. The maximum absolute atomic E-state index is 11.8. The fraction of sp³-hybridized carbons (Fsp3) is 0.360. The lowest BCUT2D eigenvalue weighted by atomic mass is 9.99. The molecule has 0 aliphatic heterocycles. The predicted molar refractivity (Wildman–Crippen MR) is 135 cm³/mol. The van der Waals surface area contributed by atoms with E-state index in [1.807, 2.05) is 19.5 Å². The molecule has 1 aromatic heterocycles. The molecular weight excluding hydrogens is 406 g/mol. The molecule has 166 valence electrons. The van der Waals surface area contributed by atoms with Gasteiger partial charge in [0.1, 0.15) is 11.4 Å². The van der Waals surface area contributed by atoms with E-state index in [-0.39, 0.29) is 0 Å². The van der Waals surface area contributed by atoms with E-state index in [1.54, 1.807) is 11.3 Å². The molecule has 0 radical (unpaired) electrons. The van der Waals surface area contributed by atoms with Gasteiger partial charge in [-0.25, -0.2) is 0 Å². The quantitative estimate of drug-likeness (QED) is 0.269. The van der Waals surface area contributed by atoms with Crippen LogP contribution in [0.3, 0.4) is 0 Å². The summed E-state index contributed by atoms with van der Waals surface area (Å²) in [7, 11) is 3.75. The Morgan fingerprint density at radius 3 is 1.94 bits per heavy atom. The third-order valence-electron chi connectivity index (χ3n) is 4.76. The van der Waals surface area contributed by atoms with Gasteiger partial charge in [0, 0.05) is 13.1 Å². The Morgan fingerprint density at radius 1 is 0.871 bits per heavy atom. The highest BCUT2D eigenvalue weighted by atomic mass is 32.1. The first kappa shape index (κ1) is 26.2. The van der Waals surface area contributed by atoms with Crippen molar-refractivity contribution in [3.63, 3.8) is 0 Å². The molecule has 0 aliphatic rings. The van der Waals surface area contributed by atoms with E-state index < -0.39 is 10.9 Å². The Labute approximate surface area is 189 Å². The van der Waals surface area contributed by atoms with E-state index in [9.17, 15) is 9.59 Å². The second-order valence-electron chi connectivity index (χ2n) is 7.12. The average molecular weight is 440 g/mol. The normalized spacial score (nSPS) is 9.87. The van der Waals surface area contributed by atoms with Crippen LogP contribution in [-0.2, 0) is 12.8 Å². The maximum Gasteiger partial charge on any atom is 0.253 e. The largest absolute Gasteiger partial charge is 0.380 e. The molecule has 0 saturated carbocycles. The van der Waals surface area contributed by atoms with Crippen LogP contribution in [0.4, 0.5) is 11.4 Å². The maximum atomic E-state index is 11.8. The molecule has 0 saturated heterocycles. The first-order valence-corrected chi connectivity index (χ1v) is 11.2. The van der Waals surface area contributed by atoms with Gasteiger partial charge in [0.25, 0.3) is 10.9 Å². The van der Waals surface area contributed by atoms with Gasteiger partial charge in [-0.2, -0.15) is 11.3 Å². The molecule has 3 rings (SSSR count). The molecule has 3 N–H and O–H groups in total. The van der Waals surface area contributed by atoms with Gasteiger partial charge in [0.05, 0.1) is 0 Å². The summed E-state index contributed by atoms with van der Waals surface area (Å²) >= 11 is 1.66. The highest BCUT2D eigenvalue weighted by molar-refractivity contribution is 7.07. The molecule has 3 aromatic rings. The molecule has 0 amide bonds. The number of hydrogen-bond donors (Lipinski definition) is 3. The smallest absolute Gasteiger partial charge is 0.253 e. The van der Waals surface area contributed by atoms with Crippen LogP contribution in [0.25, 0.3) is 0 Å². The molecule has 0 unspecified atom stereocenters. The molecule has 6 heteroatoms. The third-order valence-corrected chi connectivity index (χ3v) is 5.49. The summed E-state index contributed by atoms with van der Waals surface area (Å²) in [6, 6.07) is 8.40. The van der Waals surface area contributed by atoms with Crippen molar-refractivity contribution in [3.05, 3.63) is 77.7 Å². The lowest BCUT2D eigenvalue weighted by molar-refractivity contribution is 0.848. The monoisotopic (exact) mass is 439 g/mol. The van der Waals surface area contributed by atoms with Crippen LogP contribution in [0, 0.1) is 26.7 Å². The predicted octanol–water partition coefficient (Wildman–Crippen LogP) is 3.75. The minimum absolute atomic E-state index is 0.407. The second kappa shape index (κ2) is 14.2. The number of thiophene rings is 1. The lowest BCUT2D eigenvalue weighted by Crippen LogP contribution is -2.38. The zero-order valence-electron chi connectivity index (χ0n) is 18.9. The Hall–Kier alpha value is -2.88. The van der Waals surface area contributed by atoms with Crippen molar-refractivity contribution in [1.82, 2.24) is 5.32 Å². The summed E-state index contributed by atoms with van der Waals surface area (Å²) in [6.07, 6.45) is 10.7. The molecule has 2 aromatic carbocycles. The molecule has 0 spiro atoms. The Morgan fingerprint density at radius 2 is 1.42 bits per heavy atom.